The number of hydrogen-bond acceptors (Lipinski definition) is 9. The van der Waals surface area contributed by atoms with Crippen molar-refractivity contribution in [3.05, 3.63) is 137 Å². The van der Waals surface area contributed by atoms with Gasteiger partial charge in [-0.3, -0.25) is 24.5 Å². The summed E-state index contributed by atoms with van der Waals surface area (Å²) in [4.78, 5) is 30.6. The molecular weight excluding hydrogens is 691 g/mol. The van der Waals surface area contributed by atoms with Crippen molar-refractivity contribution in [3.63, 3.8) is 0 Å². The molecule has 0 aromatic heterocycles. The molecule has 0 unspecified atom stereocenters. The zero-order valence-corrected chi connectivity index (χ0v) is 31.5. The van der Waals surface area contributed by atoms with Gasteiger partial charge in [-0.05, 0) is 78.9 Å². The van der Waals surface area contributed by atoms with Gasteiger partial charge in [-0.15, -0.1) is 11.8 Å². The van der Waals surface area contributed by atoms with E-state index >= 15 is 0 Å². The van der Waals surface area contributed by atoms with Crippen LogP contribution in [0, 0.1) is 10.1 Å². The molecule has 1 amide bonds. The van der Waals surface area contributed by atoms with Crippen molar-refractivity contribution in [2.24, 2.45) is 0 Å². The summed E-state index contributed by atoms with van der Waals surface area (Å²) in [5.74, 6) is 1.50. The maximum atomic E-state index is 12.6. The fourth-order valence-electron chi connectivity index (χ4n) is 6.02. The molecule has 0 radical (unpaired) electrons. The second-order valence-electron chi connectivity index (χ2n) is 12.2. The zero-order chi connectivity index (χ0) is 36.5. The molecule has 4 aromatic carbocycles. The van der Waals surface area contributed by atoms with E-state index in [4.69, 9.17) is 4.74 Å². The van der Waals surface area contributed by atoms with Crippen LogP contribution in [0.2, 0.25) is 0 Å². The Balaban J connectivity index is 1.03. The smallest absolute Gasteiger partial charge is 0.293 e. The molecule has 1 saturated heterocycles. The fraction of sp³-hybridized carbons (Fsp3) is 0.293. The molecular formula is C41H47N5O4S2. The summed E-state index contributed by atoms with van der Waals surface area (Å²) >= 11 is 2.78. The largest absolute Gasteiger partial charge is 0.494 e. The highest BCUT2D eigenvalue weighted by Crippen LogP contribution is 2.31. The molecule has 0 atom stereocenters. The number of allylic oxidation sites excluding steroid dienone is 2. The van der Waals surface area contributed by atoms with Crippen LogP contribution in [0.4, 0.5) is 11.4 Å². The molecule has 1 heterocycles. The minimum atomic E-state index is -0.399. The number of hydrogen-bond donors (Lipinski definition) is 2. The van der Waals surface area contributed by atoms with E-state index in [1.165, 1.54) is 28.5 Å². The first-order valence-electron chi connectivity index (χ1n) is 17.7. The quantitative estimate of drug-likeness (QED) is 0.0259. The Hall–Kier alpha value is -4.71. The third-order valence-corrected chi connectivity index (χ3v) is 10.5. The van der Waals surface area contributed by atoms with Gasteiger partial charge in [0.15, 0.2) is 0 Å². The van der Waals surface area contributed by atoms with Crippen molar-refractivity contribution in [3.8, 4) is 16.9 Å². The molecule has 4 aromatic rings. The topological polar surface area (TPSA) is 100.0 Å². The van der Waals surface area contributed by atoms with Crippen molar-refractivity contribution >= 4 is 41.0 Å². The number of ether oxygens (including phenoxy) is 1. The number of carbonyl (C=O) groups excluding carboxylic acids is 1. The van der Waals surface area contributed by atoms with Gasteiger partial charge in [0.1, 0.15) is 11.4 Å². The number of amides is 1. The number of nitro groups is 1. The Morgan fingerprint density at radius 3 is 2.44 bits per heavy atom. The molecule has 11 heteroatoms. The summed E-state index contributed by atoms with van der Waals surface area (Å²) in [7, 11) is 0. The lowest BCUT2D eigenvalue weighted by molar-refractivity contribution is -0.384. The van der Waals surface area contributed by atoms with Gasteiger partial charge in [-0.25, -0.2) is 0 Å². The van der Waals surface area contributed by atoms with Crippen molar-refractivity contribution in [2.75, 3.05) is 50.4 Å². The number of thioether (sulfide) groups is 1. The minimum Gasteiger partial charge on any atom is -0.494 e. The molecule has 0 saturated carbocycles. The lowest BCUT2D eigenvalue weighted by atomic mass is 9.99. The van der Waals surface area contributed by atoms with Crippen LogP contribution in [0.3, 0.4) is 0 Å². The van der Waals surface area contributed by atoms with Gasteiger partial charge in [-0.2, -0.15) is 0 Å². The molecule has 0 spiro atoms. The Morgan fingerprint density at radius 2 is 1.67 bits per heavy atom. The van der Waals surface area contributed by atoms with Gasteiger partial charge in [-0.1, -0.05) is 72.8 Å². The van der Waals surface area contributed by atoms with Gasteiger partial charge < -0.3 is 15.0 Å². The number of rotatable bonds is 18. The number of benzene rings is 4. The van der Waals surface area contributed by atoms with Crippen LogP contribution in [0.25, 0.3) is 11.1 Å². The van der Waals surface area contributed by atoms with Crippen LogP contribution in [0.1, 0.15) is 32.3 Å². The number of nitrogens with zero attached hydrogens (tertiary/aromatic N) is 3. The molecule has 272 valence electrons. The lowest BCUT2D eigenvalue weighted by Gasteiger charge is -2.37. The summed E-state index contributed by atoms with van der Waals surface area (Å²) in [5.41, 5.74) is 5.42. The summed E-state index contributed by atoms with van der Waals surface area (Å²) < 4.78 is 8.55. The van der Waals surface area contributed by atoms with Crippen LogP contribution in [-0.2, 0) is 11.3 Å². The van der Waals surface area contributed by atoms with E-state index in [1.54, 1.807) is 23.9 Å². The number of nitrogens with one attached hydrogen (secondary N) is 2. The number of nitro benzene ring substituents is 1. The van der Waals surface area contributed by atoms with E-state index in [2.05, 4.69) is 75.3 Å². The normalized spacial score (nSPS) is 13.7. The number of piperazine rings is 1. The highest BCUT2D eigenvalue weighted by atomic mass is 32.2. The molecule has 2 N–H and O–H groups in total. The van der Waals surface area contributed by atoms with Crippen LogP contribution in [0.15, 0.2) is 131 Å². The van der Waals surface area contributed by atoms with E-state index < -0.39 is 4.92 Å². The molecule has 5 rings (SSSR count). The third-order valence-electron chi connectivity index (χ3n) is 8.65. The predicted octanol–water partition coefficient (Wildman–Crippen LogP) is 9.05. The number of carbonyl (C=O) groups is 1. The van der Waals surface area contributed by atoms with Gasteiger partial charge in [0, 0.05) is 79.4 Å². The summed E-state index contributed by atoms with van der Waals surface area (Å²) in [6.45, 7) is 10.0. The molecule has 0 bridgehead atoms. The van der Waals surface area contributed by atoms with E-state index in [1.807, 2.05) is 55.5 Å². The van der Waals surface area contributed by atoms with Crippen LogP contribution < -0.4 is 14.8 Å². The van der Waals surface area contributed by atoms with Gasteiger partial charge >= 0.3 is 0 Å². The second kappa shape index (κ2) is 20.4. The van der Waals surface area contributed by atoms with Crippen LogP contribution in [0.5, 0.6) is 5.75 Å². The monoisotopic (exact) mass is 737 g/mol. The number of anilines is 1. The Morgan fingerprint density at radius 1 is 0.904 bits per heavy atom. The highest BCUT2D eigenvalue weighted by molar-refractivity contribution is 7.99. The molecule has 1 aliphatic rings. The average Bonchev–Trinajstić information content (AvgIpc) is 3.17. The molecule has 9 nitrogen and oxygen atoms in total. The summed E-state index contributed by atoms with van der Waals surface area (Å²) in [6, 6.07) is 31.9. The standard InChI is InChI=1S/C41H47N5O4S2/c1-3-34(45-26-24-44(25-27-45)31-33-13-8-10-19-38(33)32-14-12-16-35(29-32)50-4-2)15-9-11-20-41(47)43-52-37-21-22-39(40(30-37)46(48)49)42-23-28-51-36-17-6-5-7-18-36/h3,5-14,16-19,21-22,29-30,42H,4,15,20,23-28,31H2,1-2H3,(H,43,47)/b11-9-,34-3+. The third kappa shape index (κ3) is 11.7. The molecule has 1 aliphatic heterocycles. The predicted molar refractivity (Wildman–Crippen MR) is 215 cm³/mol. The Labute approximate surface area is 315 Å². The highest BCUT2D eigenvalue weighted by Gasteiger charge is 2.20. The van der Waals surface area contributed by atoms with Gasteiger partial charge in [0.25, 0.3) is 5.69 Å². The maximum Gasteiger partial charge on any atom is 0.293 e. The van der Waals surface area contributed by atoms with E-state index in [0.29, 0.717) is 23.7 Å². The first kappa shape index (κ1) is 38.5. The molecule has 0 aliphatic carbocycles. The van der Waals surface area contributed by atoms with E-state index in [9.17, 15) is 14.9 Å². The van der Waals surface area contributed by atoms with Crippen LogP contribution >= 0.6 is 23.7 Å². The van der Waals surface area contributed by atoms with Gasteiger partial charge in [0.05, 0.1) is 11.5 Å². The van der Waals surface area contributed by atoms with Gasteiger partial charge in [0.2, 0.25) is 5.91 Å². The molecule has 1 fully saturated rings. The Bertz CT molecular complexity index is 1830. The summed E-state index contributed by atoms with van der Waals surface area (Å²) in [5, 5.41) is 14.9. The van der Waals surface area contributed by atoms with Crippen LogP contribution in [-0.4, -0.2) is 65.7 Å². The SMILES string of the molecule is C/C=C(\C/C=C\CC(=O)NSc1ccc(NCCSc2ccccc2)c([N+](=O)[O-])c1)N1CCN(Cc2ccccc2-c2cccc(OCC)c2)CC1. The first-order valence-corrected chi connectivity index (χ1v) is 19.5. The zero-order valence-electron chi connectivity index (χ0n) is 29.8. The average molecular weight is 738 g/mol. The van der Waals surface area contributed by atoms with Crippen molar-refractivity contribution in [1.82, 2.24) is 14.5 Å². The van der Waals surface area contributed by atoms with E-state index in [-0.39, 0.29) is 18.0 Å². The van der Waals surface area contributed by atoms with E-state index in [0.717, 1.165) is 67.5 Å². The lowest BCUT2D eigenvalue weighted by Crippen LogP contribution is -2.45. The maximum absolute atomic E-state index is 12.6. The second-order valence-corrected chi connectivity index (χ2v) is 14.2. The fourth-order valence-corrected chi connectivity index (χ4v) is 7.43. The molecule has 52 heavy (non-hydrogen) atoms. The van der Waals surface area contributed by atoms with Crippen molar-refractivity contribution < 1.29 is 14.5 Å². The first-order chi connectivity index (χ1) is 25.4. The van der Waals surface area contributed by atoms with Crippen molar-refractivity contribution in [2.45, 2.75) is 43.0 Å². The Kier molecular flexibility index (Phi) is 15.1. The van der Waals surface area contributed by atoms with Crippen molar-refractivity contribution in [1.29, 1.82) is 0 Å². The minimum absolute atomic E-state index is 0.0167. The summed E-state index contributed by atoms with van der Waals surface area (Å²) in [6.07, 6.45) is 7.06.